The number of carboxylic acid groups (broad SMARTS) is 1. The Morgan fingerprint density at radius 2 is 1.86 bits per heavy atom. The van der Waals surface area contributed by atoms with Gasteiger partial charge in [-0.25, -0.2) is 4.39 Å². The van der Waals surface area contributed by atoms with E-state index in [1.165, 1.54) is 12.1 Å². The van der Waals surface area contributed by atoms with Crippen molar-refractivity contribution >= 4 is 5.97 Å². The topological polar surface area (TPSA) is 49.3 Å². The lowest BCUT2D eigenvalue weighted by atomic mass is 9.82. The smallest absolute Gasteiger partial charge is 0.321 e. The van der Waals surface area contributed by atoms with Crippen LogP contribution < -0.4 is 5.32 Å². The number of carbonyl (C=O) groups is 1. The summed E-state index contributed by atoms with van der Waals surface area (Å²) in [5.41, 5.74) is 3.93. The quantitative estimate of drug-likeness (QED) is 0.916. The molecule has 4 heteroatoms. The zero-order valence-corrected chi connectivity index (χ0v) is 12.3. The standard InChI is InChI=1S/C18H18FNO2/c1-20-17(18(21)22)16-14-5-3-2-4-11(14)6-7-12-10-13(19)8-9-15(12)16/h2-5,8-10,16-17,20H,6-7H2,1H3,(H,21,22). The number of fused-ring (bicyclic) bond motifs is 2. The van der Waals surface area contributed by atoms with Gasteiger partial charge in [-0.2, -0.15) is 0 Å². The molecular weight excluding hydrogens is 281 g/mol. The Bertz CT molecular complexity index is 714. The number of likely N-dealkylation sites (N-methyl/N-ethyl adjacent to an activating group) is 1. The summed E-state index contributed by atoms with van der Waals surface area (Å²) in [4.78, 5) is 11.7. The van der Waals surface area contributed by atoms with Gasteiger partial charge in [0.25, 0.3) is 0 Å². The molecule has 2 aromatic rings. The van der Waals surface area contributed by atoms with Gasteiger partial charge in [-0.3, -0.25) is 4.79 Å². The molecule has 3 rings (SSSR count). The van der Waals surface area contributed by atoms with Crippen molar-refractivity contribution in [2.45, 2.75) is 24.8 Å². The molecule has 0 aromatic heterocycles. The van der Waals surface area contributed by atoms with Gasteiger partial charge in [0.05, 0.1) is 0 Å². The molecule has 0 heterocycles. The Kier molecular flexibility index (Phi) is 3.94. The van der Waals surface area contributed by atoms with Crippen molar-refractivity contribution in [3.05, 3.63) is 70.5 Å². The molecule has 3 nitrogen and oxygen atoms in total. The Balaban J connectivity index is 2.23. The van der Waals surface area contributed by atoms with E-state index in [0.29, 0.717) is 0 Å². The molecular formula is C18H18FNO2. The molecule has 2 unspecified atom stereocenters. The number of aliphatic carboxylic acids is 1. The second-order valence-corrected chi connectivity index (χ2v) is 5.62. The number of carboxylic acids is 1. The third-order valence-corrected chi connectivity index (χ3v) is 4.40. The Morgan fingerprint density at radius 3 is 2.59 bits per heavy atom. The Hall–Kier alpha value is -2.20. The summed E-state index contributed by atoms with van der Waals surface area (Å²) >= 11 is 0. The van der Waals surface area contributed by atoms with Crippen LogP contribution >= 0.6 is 0 Å². The first-order valence-electron chi connectivity index (χ1n) is 7.38. The highest BCUT2D eigenvalue weighted by atomic mass is 19.1. The first-order valence-corrected chi connectivity index (χ1v) is 7.38. The third-order valence-electron chi connectivity index (χ3n) is 4.40. The molecule has 22 heavy (non-hydrogen) atoms. The second kappa shape index (κ2) is 5.89. The molecule has 1 aliphatic carbocycles. The van der Waals surface area contributed by atoms with Crippen molar-refractivity contribution in [2.24, 2.45) is 0 Å². The molecule has 2 aromatic carbocycles. The van der Waals surface area contributed by atoms with Crippen molar-refractivity contribution in [3.63, 3.8) is 0 Å². The Labute approximate surface area is 128 Å². The van der Waals surface area contributed by atoms with E-state index in [-0.39, 0.29) is 11.7 Å². The molecule has 0 saturated heterocycles. The molecule has 0 bridgehead atoms. The van der Waals surface area contributed by atoms with Gasteiger partial charge in [-0.15, -0.1) is 0 Å². The molecule has 114 valence electrons. The minimum Gasteiger partial charge on any atom is -0.480 e. The van der Waals surface area contributed by atoms with Gasteiger partial charge >= 0.3 is 5.97 Å². The van der Waals surface area contributed by atoms with Crippen LogP contribution in [0.25, 0.3) is 0 Å². The molecule has 1 aliphatic rings. The second-order valence-electron chi connectivity index (χ2n) is 5.62. The number of hydrogen-bond donors (Lipinski definition) is 2. The normalized spacial score (nSPS) is 18.0. The third kappa shape index (κ3) is 2.50. The van der Waals surface area contributed by atoms with Gasteiger partial charge in [0.15, 0.2) is 0 Å². The van der Waals surface area contributed by atoms with E-state index in [0.717, 1.165) is 35.1 Å². The minimum atomic E-state index is -0.903. The zero-order valence-electron chi connectivity index (χ0n) is 12.3. The van der Waals surface area contributed by atoms with Crippen LogP contribution in [0.4, 0.5) is 4.39 Å². The summed E-state index contributed by atoms with van der Waals surface area (Å²) in [6.45, 7) is 0. The summed E-state index contributed by atoms with van der Waals surface area (Å²) in [5, 5.41) is 12.5. The summed E-state index contributed by atoms with van der Waals surface area (Å²) in [6.07, 6.45) is 1.51. The van der Waals surface area contributed by atoms with E-state index >= 15 is 0 Å². The van der Waals surface area contributed by atoms with Crippen LogP contribution in [0, 0.1) is 5.82 Å². The van der Waals surface area contributed by atoms with Crippen LogP contribution in [0.15, 0.2) is 42.5 Å². The maximum Gasteiger partial charge on any atom is 0.321 e. The average Bonchev–Trinajstić information content (AvgIpc) is 2.66. The van der Waals surface area contributed by atoms with Gasteiger partial charge in [-0.05, 0) is 54.3 Å². The van der Waals surface area contributed by atoms with Crippen LogP contribution in [0.2, 0.25) is 0 Å². The number of halogens is 1. The molecule has 2 N–H and O–H groups in total. The van der Waals surface area contributed by atoms with Gasteiger partial charge in [0.2, 0.25) is 0 Å². The van der Waals surface area contributed by atoms with Gasteiger partial charge in [0, 0.05) is 5.92 Å². The van der Waals surface area contributed by atoms with E-state index in [9.17, 15) is 14.3 Å². The minimum absolute atomic E-state index is 0.278. The first kappa shape index (κ1) is 14.7. The summed E-state index contributed by atoms with van der Waals surface area (Å²) < 4.78 is 13.6. The van der Waals surface area contributed by atoms with E-state index < -0.39 is 12.0 Å². The lowest BCUT2D eigenvalue weighted by Crippen LogP contribution is -2.40. The summed E-state index contributed by atoms with van der Waals surface area (Å²) in [7, 11) is 1.65. The maximum atomic E-state index is 13.6. The predicted molar refractivity (Wildman–Crippen MR) is 82.6 cm³/mol. The number of rotatable bonds is 3. The molecule has 0 saturated carbocycles. The van der Waals surface area contributed by atoms with E-state index in [1.54, 1.807) is 13.1 Å². The number of aryl methyl sites for hydroxylation is 2. The molecule has 2 atom stereocenters. The lowest BCUT2D eigenvalue weighted by Gasteiger charge is -2.26. The number of hydrogen-bond acceptors (Lipinski definition) is 2. The molecule has 0 amide bonds. The molecule has 0 radical (unpaired) electrons. The zero-order chi connectivity index (χ0) is 15.7. The van der Waals surface area contributed by atoms with Crippen molar-refractivity contribution in [1.82, 2.24) is 5.32 Å². The highest BCUT2D eigenvalue weighted by Crippen LogP contribution is 2.36. The van der Waals surface area contributed by atoms with Crippen LogP contribution in [-0.4, -0.2) is 24.2 Å². The Morgan fingerprint density at radius 1 is 1.18 bits per heavy atom. The van der Waals surface area contributed by atoms with Gasteiger partial charge in [0.1, 0.15) is 11.9 Å². The van der Waals surface area contributed by atoms with E-state index in [4.69, 9.17) is 0 Å². The fourth-order valence-electron chi connectivity index (χ4n) is 3.39. The predicted octanol–water partition coefficient (Wildman–Crippen LogP) is 2.73. The first-order chi connectivity index (χ1) is 10.6. The van der Waals surface area contributed by atoms with Crippen molar-refractivity contribution in [1.29, 1.82) is 0 Å². The highest BCUT2D eigenvalue weighted by molar-refractivity contribution is 5.76. The molecule has 0 spiro atoms. The van der Waals surface area contributed by atoms with Crippen LogP contribution in [0.3, 0.4) is 0 Å². The van der Waals surface area contributed by atoms with Gasteiger partial charge in [-0.1, -0.05) is 30.3 Å². The van der Waals surface area contributed by atoms with Crippen LogP contribution in [0.5, 0.6) is 0 Å². The number of benzene rings is 2. The van der Waals surface area contributed by atoms with Crippen LogP contribution in [-0.2, 0) is 17.6 Å². The van der Waals surface area contributed by atoms with Crippen molar-refractivity contribution in [2.75, 3.05) is 7.05 Å². The summed E-state index contributed by atoms with van der Waals surface area (Å²) in [5.74, 6) is -1.50. The monoisotopic (exact) mass is 299 g/mol. The number of nitrogens with one attached hydrogen (secondary N) is 1. The van der Waals surface area contributed by atoms with E-state index in [2.05, 4.69) is 5.32 Å². The lowest BCUT2D eigenvalue weighted by molar-refractivity contribution is -0.139. The van der Waals surface area contributed by atoms with Crippen molar-refractivity contribution < 1.29 is 14.3 Å². The maximum absolute atomic E-state index is 13.6. The molecule has 0 aliphatic heterocycles. The van der Waals surface area contributed by atoms with Crippen LogP contribution in [0.1, 0.15) is 28.2 Å². The average molecular weight is 299 g/mol. The summed E-state index contributed by atoms with van der Waals surface area (Å²) in [6, 6.07) is 11.8. The van der Waals surface area contributed by atoms with E-state index in [1.807, 2.05) is 24.3 Å². The fourth-order valence-corrected chi connectivity index (χ4v) is 3.39. The largest absolute Gasteiger partial charge is 0.480 e. The highest BCUT2D eigenvalue weighted by Gasteiger charge is 2.33. The fraction of sp³-hybridized carbons (Fsp3) is 0.278. The molecule has 0 fully saturated rings. The SMILES string of the molecule is CNC(C(=O)O)C1c2ccccc2CCc2cc(F)ccc21. The van der Waals surface area contributed by atoms with Gasteiger partial charge < -0.3 is 10.4 Å². The van der Waals surface area contributed by atoms with Crippen molar-refractivity contribution in [3.8, 4) is 0 Å².